The molecule has 2 rings (SSSR count). The van der Waals surface area contributed by atoms with Crippen LogP contribution in [0.25, 0.3) is 0 Å². The van der Waals surface area contributed by atoms with Gasteiger partial charge in [-0.05, 0) is 43.5 Å². The quantitative estimate of drug-likeness (QED) is 0.771. The maximum Gasteiger partial charge on any atom is 0.221 e. The van der Waals surface area contributed by atoms with Crippen LogP contribution in [0.2, 0.25) is 0 Å². The molecule has 0 radical (unpaired) electrons. The lowest BCUT2D eigenvalue weighted by Gasteiger charge is -2.16. The molecule has 0 heterocycles. The summed E-state index contributed by atoms with van der Waals surface area (Å²) in [6.07, 6.45) is 7.96. The van der Waals surface area contributed by atoms with E-state index in [9.17, 15) is 4.79 Å². The van der Waals surface area contributed by atoms with Crippen molar-refractivity contribution < 1.29 is 4.79 Å². The van der Waals surface area contributed by atoms with Crippen LogP contribution in [-0.4, -0.2) is 18.5 Å². The van der Waals surface area contributed by atoms with E-state index in [2.05, 4.69) is 39.6 Å². The molecule has 0 atom stereocenters. The highest BCUT2D eigenvalue weighted by Gasteiger charge is 2.14. The first kappa shape index (κ1) is 16.3. The molecule has 21 heavy (non-hydrogen) atoms. The zero-order chi connectivity index (χ0) is 15.1. The summed E-state index contributed by atoms with van der Waals surface area (Å²) in [6.45, 7) is 2.75. The molecule has 1 saturated carbocycles. The van der Waals surface area contributed by atoms with Crippen molar-refractivity contribution in [2.75, 3.05) is 11.9 Å². The number of hydrogen-bond donors (Lipinski definition) is 2. The fourth-order valence-electron chi connectivity index (χ4n) is 2.86. The predicted octanol–water partition coefficient (Wildman–Crippen LogP) is 4.40. The molecule has 4 heteroatoms. The van der Waals surface area contributed by atoms with Crippen molar-refractivity contribution >= 4 is 27.5 Å². The highest BCUT2D eigenvalue weighted by atomic mass is 79.9. The minimum absolute atomic E-state index is 0.171. The minimum atomic E-state index is 0.171. The lowest BCUT2D eigenvalue weighted by atomic mass is 10.1. The molecule has 3 nitrogen and oxygen atoms in total. The summed E-state index contributed by atoms with van der Waals surface area (Å²) in [5.74, 6) is 0.171. The van der Waals surface area contributed by atoms with Gasteiger partial charge in [0.2, 0.25) is 5.91 Å². The van der Waals surface area contributed by atoms with Gasteiger partial charge in [0.05, 0.1) is 0 Å². The molecule has 0 aliphatic heterocycles. The van der Waals surface area contributed by atoms with E-state index in [0.717, 1.165) is 23.0 Å². The smallest absolute Gasteiger partial charge is 0.221 e. The third-order valence-electron chi connectivity index (χ3n) is 4.08. The second kappa shape index (κ2) is 8.42. The third-order valence-corrected chi connectivity index (χ3v) is 4.57. The van der Waals surface area contributed by atoms with Gasteiger partial charge in [-0.2, -0.15) is 0 Å². The van der Waals surface area contributed by atoms with Crippen LogP contribution < -0.4 is 10.6 Å². The number of halogens is 1. The number of hydrogen-bond acceptors (Lipinski definition) is 2. The summed E-state index contributed by atoms with van der Waals surface area (Å²) >= 11 is 3.46. The Hall–Kier alpha value is -1.03. The number of rotatable bonds is 5. The van der Waals surface area contributed by atoms with Gasteiger partial charge >= 0.3 is 0 Å². The zero-order valence-corrected chi connectivity index (χ0v) is 14.3. The molecular formula is C17H25BrN2O. The van der Waals surface area contributed by atoms with Crippen LogP contribution in [0.4, 0.5) is 5.69 Å². The summed E-state index contributed by atoms with van der Waals surface area (Å²) in [4.78, 5) is 12.0. The van der Waals surface area contributed by atoms with Crippen molar-refractivity contribution in [1.82, 2.24) is 5.32 Å². The van der Waals surface area contributed by atoms with Gasteiger partial charge in [0.25, 0.3) is 0 Å². The first-order valence-electron chi connectivity index (χ1n) is 7.94. The van der Waals surface area contributed by atoms with Crippen molar-refractivity contribution in [1.29, 1.82) is 0 Å². The molecule has 1 aliphatic carbocycles. The molecule has 1 aromatic rings. The molecule has 0 unspecified atom stereocenters. The average Bonchev–Trinajstić information content (AvgIpc) is 2.70. The topological polar surface area (TPSA) is 41.1 Å². The number of carbonyl (C=O) groups excluding carboxylic acids is 1. The van der Waals surface area contributed by atoms with Gasteiger partial charge in [-0.1, -0.05) is 41.6 Å². The fourth-order valence-corrected chi connectivity index (χ4v) is 3.34. The van der Waals surface area contributed by atoms with Crippen molar-refractivity contribution in [3.05, 3.63) is 28.2 Å². The maximum absolute atomic E-state index is 12.0. The Kier molecular flexibility index (Phi) is 6.55. The Balaban J connectivity index is 1.71. The highest BCUT2D eigenvalue weighted by Crippen LogP contribution is 2.20. The molecule has 1 aliphatic rings. The van der Waals surface area contributed by atoms with Gasteiger partial charge in [-0.25, -0.2) is 0 Å². The molecule has 1 amide bonds. The van der Waals surface area contributed by atoms with E-state index in [0.29, 0.717) is 19.0 Å². The molecule has 0 aromatic heterocycles. The van der Waals surface area contributed by atoms with Crippen molar-refractivity contribution in [3.8, 4) is 0 Å². The number of aryl methyl sites for hydroxylation is 1. The fraction of sp³-hybridized carbons (Fsp3) is 0.588. The van der Waals surface area contributed by atoms with Crippen molar-refractivity contribution in [2.45, 2.75) is 57.9 Å². The van der Waals surface area contributed by atoms with Crippen LogP contribution in [-0.2, 0) is 4.79 Å². The number of benzene rings is 1. The maximum atomic E-state index is 12.0. The number of nitrogens with one attached hydrogen (secondary N) is 2. The Morgan fingerprint density at radius 1 is 1.24 bits per heavy atom. The summed E-state index contributed by atoms with van der Waals surface area (Å²) in [5, 5.41) is 6.52. The SMILES string of the molecule is Cc1cc(Br)ccc1NCCC(=O)NC1CCCCCC1. The summed E-state index contributed by atoms with van der Waals surface area (Å²) in [5.41, 5.74) is 2.29. The Labute approximate surface area is 136 Å². The molecule has 0 spiro atoms. The normalized spacial score (nSPS) is 16.3. The van der Waals surface area contributed by atoms with Gasteiger partial charge in [-0.3, -0.25) is 4.79 Å². The molecule has 1 aromatic carbocycles. The third kappa shape index (κ3) is 5.70. The Bertz CT molecular complexity index is 468. The van der Waals surface area contributed by atoms with Crippen molar-refractivity contribution in [2.24, 2.45) is 0 Å². The summed E-state index contributed by atoms with van der Waals surface area (Å²) in [6, 6.07) is 6.53. The predicted molar refractivity (Wildman–Crippen MR) is 91.6 cm³/mol. The number of anilines is 1. The van der Waals surface area contributed by atoms with Gasteiger partial charge in [-0.15, -0.1) is 0 Å². The number of amides is 1. The minimum Gasteiger partial charge on any atom is -0.384 e. The second-order valence-corrected chi connectivity index (χ2v) is 6.81. The monoisotopic (exact) mass is 352 g/mol. The first-order valence-corrected chi connectivity index (χ1v) is 8.74. The second-order valence-electron chi connectivity index (χ2n) is 5.89. The van der Waals surface area contributed by atoms with Crippen LogP contribution in [0.5, 0.6) is 0 Å². The van der Waals surface area contributed by atoms with E-state index in [1.54, 1.807) is 0 Å². The molecule has 116 valence electrons. The first-order chi connectivity index (χ1) is 10.1. The van der Waals surface area contributed by atoms with Gasteiger partial charge in [0, 0.05) is 29.2 Å². The van der Waals surface area contributed by atoms with E-state index in [1.807, 2.05) is 12.1 Å². The van der Waals surface area contributed by atoms with Crippen LogP contribution in [0.15, 0.2) is 22.7 Å². The van der Waals surface area contributed by atoms with Crippen LogP contribution in [0, 0.1) is 6.92 Å². The van der Waals surface area contributed by atoms with E-state index < -0.39 is 0 Å². The molecule has 0 bridgehead atoms. The lowest BCUT2D eigenvalue weighted by molar-refractivity contribution is -0.121. The summed E-state index contributed by atoms with van der Waals surface area (Å²) in [7, 11) is 0. The van der Waals surface area contributed by atoms with Gasteiger partial charge < -0.3 is 10.6 Å². The Morgan fingerprint density at radius 2 is 1.95 bits per heavy atom. The molecule has 0 saturated heterocycles. The van der Waals surface area contributed by atoms with Gasteiger partial charge in [0.1, 0.15) is 0 Å². The summed E-state index contributed by atoms with van der Waals surface area (Å²) < 4.78 is 1.08. The van der Waals surface area contributed by atoms with Crippen molar-refractivity contribution in [3.63, 3.8) is 0 Å². The molecular weight excluding hydrogens is 328 g/mol. The van der Waals surface area contributed by atoms with Crippen LogP contribution >= 0.6 is 15.9 Å². The zero-order valence-electron chi connectivity index (χ0n) is 12.8. The standard InChI is InChI=1S/C17H25BrN2O/c1-13-12-14(18)8-9-16(13)19-11-10-17(21)20-15-6-4-2-3-5-7-15/h8-9,12,15,19H,2-7,10-11H2,1H3,(H,20,21). The lowest BCUT2D eigenvalue weighted by Crippen LogP contribution is -2.35. The van der Waals surface area contributed by atoms with E-state index >= 15 is 0 Å². The highest BCUT2D eigenvalue weighted by molar-refractivity contribution is 9.10. The average molecular weight is 353 g/mol. The molecule has 2 N–H and O–H groups in total. The van der Waals surface area contributed by atoms with E-state index in [4.69, 9.17) is 0 Å². The van der Waals surface area contributed by atoms with Crippen LogP contribution in [0.1, 0.15) is 50.5 Å². The molecule has 1 fully saturated rings. The van der Waals surface area contributed by atoms with E-state index in [1.165, 1.54) is 31.2 Å². The van der Waals surface area contributed by atoms with Crippen LogP contribution in [0.3, 0.4) is 0 Å². The van der Waals surface area contributed by atoms with Gasteiger partial charge in [0.15, 0.2) is 0 Å². The van der Waals surface area contributed by atoms with E-state index in [-0.39, 0.29) is 5.91 Å². The largest absolute Gasteiger partial charge is 0.384 e. The Morgan fingerprint density at radius 3 is 2.62 bits per heavy atom. The number of carbonyl (C=O) groups is 1.